The summed E-state index contributed by atoms with van der Waals surface area (Å²) in [5.41, 5.74) is 1.22. The normalized spacial score (nSPS) is 16.1. The molecule has 7 nitrogen and oxygen atoms in total. The fraction of sp³-hybridized carbons (Fsp3) is 0.364. The molecule has 2 heterocycles. The first-order chi connectivity index (χ1) is 8.77. The maximum Gasteiger partial charge on any atom is 0.297 e. The van der Waals surface area contributed by atoms with Crippen LogP contribution >= 0.6 is 0 Å². The molecule has 0 amide bonds. The SMILES string of the molecule is O=[N+]([O-])c1cccc2c1ncn2N1CCOCC1. The van der Waals surface area contributed by atoms with Crippen molar-refractivity contribution in [3.05, 3.63) is 34.6 Å². The standard InChI is InChI=1S/C11H12N4O3/c16-15(17)10-3-1-2-9-11(10)12-8-14(9)13-4-6-18-7-5-13/h1-3,8H,4-7H2. The zero-order valence-electron chi connectivity index (χ0n) is 9.65. The molecule has 1 aromatic heterocycles. The molecule has 0 radical (unpaired) electrons. The second kappa shape index (κ2) is 4.26. The molecule has 94 valence electrons. The molecule has 0 aliphatic carbocycles. The number of rotatable bonds is 2. The number of nitrogens with zero attached hydrogens (tertiary/aromatic N) is 4. The maximum absolute atomic E-state index is 10.9. The quantitative estimate of drug-likeness (QED) is 0.583. The van der Waals surface area contributed by atoms with E-state index in [1.165, 1.54) is 6.07 Å². The van der Waals surface area contributed by atoms with Gasteiger partial charge in [0.1, 0.15) is 6.33 Å². The van der Waals surface area contributed by atoms with Gasteiger partial charge < -0.3 is 9.75 Å². The van der Waals surface area contributed by atoms with E-state index in [1.807, 2.05) is 10.7 Å². The van der Waals surface area contributed by atoms with E-state index in [-0.39, 0.29) is 5.69 Å². The lowest BCUT2D eigenvalue weighted by atomic mass is 10.3. The molecule has 0 spiro atoms. The Balaban J connectivity index is 2.08. The second-order valence-electron chi connectivity index (χ2n) is 4.06. The highest BCUT2D eigenvalue weighted by atomic mass is 16.6. The summed E-state index contributed by atoms with van der Waals surface area (Å²) in [5.74, 6) is 0. The van der Waals surface area contributed by atoms with E-state index in [1.54, 1.807) is 12.4 Å². The molecule has 2 aromatic rings. The van der Waals surface area contributed by atoms with E-state index >= 15 is 0 Å². The summed E-state index contributed by atoms with van der Waals surface area (Å²) in [5, 5.41) is 13.0. The van der Waals surface area contributed by atoms with Crippen LogP contribution in [0.15, 0.2) is 24.5 Å². The largest absolute Gasteiger partial charge is 0.378 e. The Labute approximate surface area is 103 Å². The van der Waals surface area contributed by atoms with E-state index < -0.39 is 4.92 Å². The number of ether oxygens (including phenoxy) is 1. The molecule has 0 atom stereocenters. The first-order valence-electron chi connectivity index (χ1n) is 5.71. The van der Waals surface area contributed by atoms with E-state index in [9.17, 15) is 10.1 Å². The van der Waals surface area contributed by atoms with E-state index in [4.69, 9.17) is 4.74 Å². The van der Waals surface area contributed by atoms with Gasteiger partial charge in [0.05, 0.1) is 36.7 Å². The van der Waals surface area contributed by atoms with Crippen molar-refractivity contribution >= 4 is 16.7 Å². The van der Waals surface area contributed by atoms with Crippen LogP contribution in [-0.2, 0) is 4.74 Å². The average Bonchev–Trinajstić information content (AvgIpc) is 2.83. The van der Waals surface area contributed by atoms with Crippen LogP contribution in [0.2, 0.25) is 0 Å². The number of nitro groups is 1. The van der Waals surface area contributed by atoms with Crippen molar-refractivity contribution in [2.45, 2.75) is 0 Å². The number of imidazole rings is 1. The lowest BCUT2D eigenvalue weighted by molar-refractivity contribution is -0.383. The second-order valence-corrected chi connectivity index (χ2v) is 4.06. The number of nitro benzene ring substituents is 1. The van der Waals surface area contributed by atoms with Gasteiger partial charge in [-0.2, -0.15) is 0 Å². The number of hydrogen-bond acceptors (Lipinski definition) is 5. The van der Waals surface area contributed by atoms with Gasteiger partial charge in [0.2, 0.25) is 0 Å². The van der Waals surface area contributed by atoms with Gasteiger partial charge in [0.25, 0.3) is 5.69 Å². The van der Waals surface area contributed by atoms with Gasteiger partial charge in [-0.25, -0.2) is 9.66 Å². The lowest BCUT2D eigenvalue weighted by Crippen LogP contribution is -2.43. The molecule has 1 saturated heterocycles. The average molecular weight is 248 g/mol. The van der Waals surface area contributed by atoms with Crippen molar-refractivity contribution in [2.24, 2.45) is 0 Å². The van der Waals surface area contributed by atoms with E-state index in [0.29, 0.717) is 18.7 Å². The van der Waals surface area contributed by atoms with Crippen molar-refractivity contribution in [2.75, 3.05) is 31.3 Å². The molecular weight excluding hydrogens is 236 g/mol. The molecule has 0 N–H and O–H groups in total. The predicted octanol–water partition coefficient (Wildman–Crippen LogP) is 0.913. The van der Waals surface area contributed by atoms with Gasteiger partial charge in [0, 0.05) is 6.07 Å². The topological polar surface area (TPSA) is 73.4 Å². The number of non-ortho nitro benzene ring substituents is 1. The Bertz CT molecular complexity index is 589. The minimum absolute atomic E-state index is 0.0412. The van der Waals surface area contributed by atoms with Crippen LogP contribution in [0.25, 0.3) is 11.0 Å². The highest BCUT2D eigenvalue weighted by molar-refractivity contribution is 5.84. The van der Waals surface area contributed by atoms with Crippen molar-refractivity contribution in [3.8, 4) is 0 Å². The molecule has 1 aliphatic rings. The molecular formula is C11H12N4O3. The number of aromatic nitrogens is 2. The summed E-state index contributed by atoms with van der Waals surface area (Å²) in [7, 11) is 0. The summed E-state index contributed by atoms with van der Waals surface area (Å²) in [6.07, 6.45) is 1.63. The Hall–Kier alpha value is -2.15. The Morgan fingerprint density at radius 3 is 2.83 bits per heavy atom. The third kappa shape index (κ3) is 1.68. The lowest BCUT2D eigenvalue weighted by Gasteiger charge is -2.29. The van der Waals surface area contributed by atoms with Crippen LogP contribution in [0.3, 0.4) is 0 Å². The molecule has 0 saturated carbocycles. The van der Waals surface area contributed by atoms with Crippen molar-refractivity contribution in [3.63, 3.8) is 0 Å². The number of para-hydroxylation sites is 1. The zero-order chi connectivity index (χ0) is 12.5. The summed E-state index contributed by atoms with van der Waals surface area (Å²) < 4.78 is 7.15. The molecule has 1 fully saturated rings. The van der Waals surface area contributed by atoms with Gasteiger partial charge in [-0.3, -0.25) is 10.1 Å². The Kier molecular flexibility index (Phi) is 2.60. The number of benzene rings is 1. The molecule has 0 unspecified atom stereocenters. The number of morpholine rings is 1. The minimum atomic E-state index is -0.404. The van der Waals surface area contributed by atoms with Gasteiger partial charge in [0.15, 0.2) is 5.52 Å². The summed E-state index contributed by atoms with van der Waals surface area (Å²) in [6, 6.07) is 4.99. The van der Waals surface area contributed by atoms with Crippen LogP contribution in [0.4, 0.5) is 5.69 Å². The maximum atomic E-state index is 10.9. The van der Waals surface area contributed by atoms with E-state index in [2.05, 4.69) is 9.99 Å². The van der Waals surface area contributed by atoms with Crippen molar-refractivity contribution in [1.82, 2.24) is 9.66 Å². The molecule has 18 heavy (non-hydrogen) atoms. The van der Waals surface area contributed by atoms with E-state index in [0.717, 1.165) is 18.6 Å². The van der Waals surface area contributed by atoms with Crippen LogP contribution < -0.4 is 5.01 Å². The highest BCUT2D eigenvalue weighted by Gasteiger charge is 2.19. The Morgan fingerprint density at radius 2 is 2.11 bits per heavy atom. The highest BCUT2D eigenvalue weighted by Crippen LogP contribution is 2.24. The first kappa shape index (κ1) is 11.0. The van der Waals surface area contributed by atoms with Crippen molar-refractivity contribution in [1.29, 1.82) is 0 Å². The molecule has 3 rings (SSSR count). The first-order valence-corrected chi connectivity index (χ1v) is 5.71. The van der Waals surface area contributed by atoms with Gasteiger partial charge in [-0.15, -0.1) is 0 Å². The predicted molar refractivity (Wildman–Crippen MR) is 65.2 cm³/mol. The van der Waals surface area contributed by atoms with Gasteiger partial charge in [-0.05, 0) is 6.07 Å². The summed E-state index contributed by atoms with van der Waals surface area (Å²) >= 11 is 0. The molecule has 0 bridgehead atoms. The molecule has 7 heteroatoms. The fourth-order valence-electron chi connectivity index (χ4n) is 2.15. The van der Waals surface area contributed by atoms with Crippen LogP contribution in [0, 0.1) is 10.1 Å². The third-order valence-electron chi connectivity index (χ3n) is 3.03. The fourth-order valence-corrected chi connectivity index (χ4v) is 2.15. The minimum Gasteiger partial charge on any atom is -0.378 e. The zero-order valence-corrected chi connectivity index (χ0v) is 9.65. The summed E-state index contributed by atoms with van der Waals surface area (Å²) in [6.45, 7) is 2.84. The number of fused-ring (bicyclic) bond motifs is 1. The van der Waals surface area contributed by atoms with Gasteiger partial charge in [-0.1, -0.05) is 6.07 Å². The van der Waals surface area contributed by atoms with Crippen LogP contribution in [-0.4, -0.2) is 40.9 Å². The monoisotopic (exact) mass is 248 g/mol. The van der Waals surface area contributed by atoms with Crippen molar-refractivity contribution < 1.29 is 9.66 Å². The summed E-state index contributed by atoms with van der Waals surface area (Å²) in [4.78, 5) is 14.7. The third-order valence-corrected chi connectivity index (χ3v) is 3.03. The molecule has 1 aliphatic heterocycles. The van der Waals surface area contributed by atoms with Crippen LogP contribution in [0.5, 0.6) is 0 Å². The van der Waals surface area contributed by atoms with Gasteiger partial charge >= 0.3 is 0 Å². The molecule has 1 aromatic carbocycles. The Morgan fingerprint density at radius 1 is 1.33 bits per heavy atom. The number of hydrogen-bond donors (Lipinski definition) is 0. The smallest absolute Gasteiger partial charge is 0.297 e. The van der Waals surface area contributed by atoms with Crippen LogP contribution in [0.1, 0.15) is 0 Å².